The maximum Gasteiger partial charge on any atom is 0.255 e. The second-order valence-electron chi connectivity index (χ2n) is 7.17. The van der Waals surface area contributed by atoms with Gasteiger partial charge in [0.05, 0.1) is 31.8 Å². The topological polar surface area (TPSA) is 94.2 Å². The summed E-state index contributed by atoms with van der Waals surface area (Å²) in [6, 6.07) is 9.95. The third kappa shape index (κ3) is 5.11. The van der Waals surface area contributed by atoms with Crippen molar-refractivity contribution in [3.63, 3.8) is 0 Å². The highest BCUT2D eigenvalue weighted by Crippen LogP contribution is 2.28. The quantitative estimate of drug-likeness (QED) is 0.633. The van der Waals surface area contributed by atoms with Crippen molar-refractivity contribution in [1.29, 1.82) is 0 Å². The molecule has 1 heterocycles. The molecule has 1 saturated heterocycles. The molecule has 0 bridgehead atoms. The van der Waals surface area contributed by atoms with Gasteiger partial charge < -0.3 is 19.5 Å². The lowest BCUT2D eigenvalue weighted by Gasteiger charge is -2.17. The molecule has 3 rings (SSSR count). The van der Waals surface area contributed by atoms with E-state index in [9.17, 15) is 13.2 Å². The Morgan fingerprint density at radius 1 is 0.935 bits per heavy atom. The summed E-state index contributed by atoms with van der Waals surface area (Å²) in [5, 5.41) is 2.84. The predicted octanol–water partition coefficient (Wildman–Crippen LogP) is 2.47. The van der Waals surface area contributed by atoms with E-state index >= 15 is 0 Å². The Morgan fingerprint density at radius 2 is 1.58 bits per heavy atom. The Balaban J connectivity index is 1.72. The predicted molar refractivity (Wildman–Crippen MR) is 117 cm³/mol. The number of nitrogens with one attached hydrogen (secondary N) is 1. The molecule has 168 valence electrons. The third-order valence-electron chi connectivity index (χ3n) is 5.27. The van der Waals surface area contributed by atoms with E-state index < -0.39 is 15.9 Å². The summed E-state index contributed by atoms with van der Waals surface area (Å²) >= 11 is 0. The summed E-state index contributed by atoms with van der Waals surface area (Å²) in [5.74, 6) is 1.18. The summed E-state index contributed by atoms with van der Waals surface area (Å²) < 4.78 is 43.0. The van der Waals surface area contributed by atoms with Crippen LogP contribution in [0.3, 0.4) is 0 Å². The van der Waals surface area contributed by atoms with Crippen molar-refractivity contribution < 1.29 is 27.4 Å². The number of amides is 1. The molecule has 31 heavy (non-hydrogen) atoms. The molecule has 0 spiro atoms. The number of hydrogen-bond donors (Lipinski definition) is 1. The lowest BCUT2D eigenvalue weighted by Crippen LogP contribution is -2.29. The van der Waals surface area contributed by atoms with Crippen LogP contribution in [-0.4, -0.2) is 59.6 Å². The first-order valence-corrected chi connectivity index (χ1v) is 11.5. The first kappa shape index (κ1) is 22.9. The molecule has 1 N–H and O–H groups in total. The molecule has 1 fully saturated rings. The van der Waals surface area contributed by atoms with Crippen molar-refractivity contribution in [2.24, 2.45) is 0 Å². The van der Waals surface area contributed by atoms with E-state index in [1.165, 1.54) is 29.6 Å². The number of rotatable bonds is 9. The van der Waals surface area contributed by atoms with Crippen LogP contribution in [0.5, 0.6) is 17.2 Å². The van der Waals surface area contributed by atoms with Crippen molar-refractivity contribution in [1.82, 2.24) is 9.62 Å². The molecule has 0 aromatic heterocycles. The van der Waals surface area contributed by atoms with Crippen molar-refractivity contribution >= 4 is 15.9 Å². The monoisotopic (exact) mass is 448 g/mol. The molecule has 2 aromatic rings. The van der Waals surface area contributed by atoms with Gasteiger partial charge in [-0.15, -0.1) is 0 Å². The molecular formula is C22H28N2O6S. The fourth-order valence-electron chi connectivity index (χ4n) is 3.55. The maximum absolute atomic E-state index is 12.9. The fourth-order valence-corrected chi connectivity index (χ4v) is 5.10. The fraction of sp³-hybridized carbons (Fsp3) is 0.409. The Morgan fingerprint density at radius 3 is 2.23 bits per heavy atom. The van der Waals surface area contributed by atoms with Crippen LogP contribution in [0.25, 0.3) is 0 Å². The minimum atomic E-state index is -3.63. The highest BCUT2D eigenvalue weighted by Gasteiger charge is 2.28. The van der Waals surface area contributed by atoms with Gasteiger partial charge in [0.2, 0.25) is 10.0 Å². The molecule has 8 nitrogen and oxygen atoms in total. The minimum Gasteiger partial charge on any atom is -0.496 e. The molecule has 0 atom stereocenters. The van der Waals surface area contributed by atoms with Crippen molar-refractivity contribution in [2.45, 2.75) is 24.2 Å². The lowest BCUT2D eigenvalue weighted by atomic mass is 10.1. The van der Waals surface area contributed by atoms with Gasteiger partial charge in [-0.05, 0) is 55.2 Å². The second kappa shape index (κ2) is 10.0. The number of methoxy groups -OCH3 is 3. The minimum absolute atomic E-state index is 0.0974. The standard InChI is InChI=1S/C22H28N2O6S/c1-28-19-9-7-17(31(26,27)24-12-4-5-13-24)15-18(19)22(25)23-11-10-16-6-8-20(29-2)21(14-16)30-3/h6-9,14-15H,4-5,10-13H2,1-3H3,(H,23,25). The van der Waals surface area contributed by atoms with Gasteiger partial charge in [-0.25, -0.2) is 8.42 Å². The van der Waals surface area contributed by atoms with Crippen LogP contribution in [0.4, 0.5) is 0 Å². The average molecular weight is 449 g/mol. The van der Waals surface area contributed by atoms with E-state index in [1.54, 1.807) is 14.2 Å². The van der Waals surface area contributed by atoms with Gasteiger partial charge >= 0.3 is 0 Å². The summed E-state index contributed by atoms with van der Waals surface area (Å²) in [7, 11) is 0.964. The largest absolute Gasteiger partial charge is 0.496 e. The van der Waals surface area contributed by atoms with Crippen molar-refractivity contribution in [3.05, 3.63) is 47.5 Å². The van der Waals surface area contributed by atoms with E-state index in [-0.39, 0.29) is 10.5 Å². The molecule has 0 radical (unpaired) electrons. The van der Waals surface area contributed by atoms with Gasteiger partial charge in [0, 0.05) is 19.6 Å². The summed E-state index contributed by atoms with van der Waals surface area (Å²) in [6.07, 6.45) is 2.26. The van der Waals surface area contributed by atoms with Crippen LogP contribution in [0.15, 0.2) is 41.3 Å². The summed E-state index contributed by atoms with van der Waals surface area (Å²) in [6.45, 7) is 1.36. The zero-order valence-corrected chi connectivity index (χ0v) is 18.8. The highest BCUT2D eigenvalue weighted by atomic mass is 32.2. The van der Waals surface area contributed by atoms with E-state index in [2.05, 4.69) is 5.32 Å². The zero-order chi connectivity index (χ0) is 22.4. The highest BCUT2D eigenvalue weighted by molar-refractivity contribution is 7.89. The Labute approximate surface area is 183 Å². The van der Waals surface area contributed by atoms with E-state index in [4.69, 9.17) is 14.2 Å². The van der Waals surface area contributed by atoms with E-state index in [1.807, 2.05) is 18.2 Å². The number of benzene rings is 2. The lowest BCUT2D eigenvalue weighted by molar-refractivity contribution is 0.0951. The number of carbonyl (C=O) groups excluding carboxylic acids is 1. The van der Waals surface area contributed by atoms with Crippen molar-refractivity contribution in [2.75, 3.05) is 41.0 Å². The molecule has 0 aliphatic carbocycles. The number of sulfonamides is 1. The maximum atomic E-state index is 12.9. The third-order valence-corrected chi connectivity index (χ3v) is 7.16. The molecule has 0 saturated carbocycles. The molecular weight excluding hydrogens is 420 g/mol. The van der Waals surface area contributed by atoms with Crippen LogP contribution in [0.1, 0.15) is 28.8 Å². The molecule has 1 amide bonds. The smallest absolute Gasteiger partial charge is 0.255 e. The number of hydrogen-bond acceptors (Lipinski definition) is 6. The van der Waals surface area contributed by atoms with E-state index in [0.717, 1.165) is 18.4 Å². The average Bonchev–Trinajstić information content (AvgIpc) is 3.34. The number of nitrogens with zero attached hydrogens (tertiary/aromatic N) is 1. The Hall–Kier alpha value is -2.78. The van der Waals surface area contributed by atoms with Crippen LogP contribution in [0, 0.1) is 0 Å². The van der Waals surface area contributed by atoms with Gasteiger partial charge in [0.1, 0.15) is 5.75 Å². The molecule has 0 unspecified atom stereocenters. The van der Waals surface area contributed by atoms with E-state index in [0.29, 0.717) is 43.3 Å². The zero-order valence-electron chi connectivity index (χ0n) is 18.0. The normalized spacial score (nSPS) is 14.3. The van der Waals surface area contributed by atoms with Crippen LogP contribution >= 0.6 is 0 Å². The van der Waals surface area contributed by atoms with Gasteiger partial charge in [0.15, 0.2) is 11.5 Å². The first-order valence-electron chi connectivity index (χ1n) is 10.1. The van der Waals surface area contributed by atoms with Gasteiger partial charge in [0.25, 0.3) is 5.91 Å². The van der Waals surface area contributed by atoms with Crippen LogP contribution in [-0.2, 0) is 16.4 Å². The molecule has 2 aromatic carbocycles. The van der Waals surface area contributed by atoms with Crippen molar-refractivity contribution in [3.8, 4) is 17.2 Å². The SMILES string of the molecule is COc1ccc(CCNC(=O)c2cc(S(=O)(=O)N3CCCC3)ccc2OC)cc1OC. The number of ether oxygens (including phenoxy) is 3. The Bertz CT molecular complexity index is 1030. The Kier molecular flexibility index (Phi) is 7.40. The molecule has 9 heteroatoms. The van der Waals surface area contributed by atoms with Crippen LogP contribution < -0.4 is 19.5 Å². The van der Waals surface area contributed by atoms with Crippen LogP contribution in [0.2, 0.25) is 0 Å². The van der Waals surface area contributed by atoms with Gasteiger partial charge in [-0.2, -0.15) is 4.31 Å². The summed E-state index contributed by atoms with van der Waals surface area (Å²) in [5.41, 5.74) is 1.16. The summed E-state index contributed by atoms with van der Waals surface area (Å²) in [4.78, 5) is 12.9. The first-order chi connectivity index (χ1) is 14.9. The number of carbonyl (C=O) groups is 1. The van der Waals surface area contributed by atoms with Gasteiger partial charge in [-0.3, -0.25) is 4.79 Å². The molecule has 1 aliphatic heterocycles. The van der Waals surface area contributed by atoms with Gasteiger partial charge in [-0.1, -0.05) is 6.07 Å². The second-order valence-corrected chi connectivity index (χ2v) is 9.11. The molecule has 1 aliphatic rings.